The number of aromatic nitrogens is 1. The van der Waals surface area contributed by atoms with E-state index in [2.05, 4.69) is 9.71 Å². The predicted molar refractivity (Wildman–Crippen MR) is 95.6 cm³/mol. The molecule has 1 aromatic heterocycles. The third kappa shape index (κ3) is 4.28. The van der Waals surface area contributed by atoms with Crippen molar-refractivity contribution >= 4 is 16.1 Å². The van der Waals surface area contributed by atoms with Crippen molar-refractivity contribution in [3.8, 4) is 0 Å². The Morgan fingerprint density at radius 2 is 1.96 bits per heavy atom. The molecule has 1 fully saturated rings. The van der Waals surface area contributed by atoms with Gasteiger partial charge in [0.05, 0.1) is 0 Å². The summed E-state index contributed by atoms with van der Waals surface area (Å²) >= 11 is 0. The Kier molecular flexibility index (Phi) is 5.70. The van der Waals surface area contributed by atoms with Crippen molar-refractivity contribution in [1.29, 1.82) is 0 Å². The summed E-state index contributed by atoms with van der Waals surface area (Å²) in [6.45, 7) is 6.38. The Bertz CT molecular complexity index is 801. The zero-order valence-corrected chi connectivity index (χ0v) is 16.1. The standard InChI is InChI=1S/C16H26N4O4S/c1-10(2)13-8-20(9-14(13)18-25(23,24)19(4)5)16(22)12-7-6-11(3)17-15(12)21/h6-7,10,13-14,18H,8-9H2,1-5H3,(H,17,21)/t13-,14+/m0/s1. The van der Waals surface area contributed by atoms with E-state index in [0.717, 1.165) is 4.31 Å². The molecule has 9 heteroatoms. The van der Waals surface area contributed by atoms with Gasteiger partial charge in [-0.2, -0.15) is 17.4 Å². The average molecular weight is 370 g/mol. The Morgan fingerprint density at radius 3 is 2.48 bits per heavy atom. The zero-order valence-electron chi connectivity index (χ0n) is 15.2. The number of nitrogens with zero attached hydrogens (tertiary/aromatic N) is 2. The molecule has 2 atom stereocenters. The lowest BCUT2D eigenvalue weighted by atomic mass is 9.92. The molecule has 1 amide bonds. The van der Waals surface area contributed by atoms with Gasteiger partial charge in [-0.15, -0.1) is 0 Å². The molecule has 0 saturated carbocycles. The highest BCUT2D eigenvalue weighted by molar-refractivity contribution is 7.87. The summed E-state index contributed by atoms with van der Waals surface area (Å²) in [6.07, 6.45) is 0. The maximum Gasteiger partial charge on any atom is 0.279 e. The highest BCUT2D eigenvalue weighted by Crippen LogP contribution is 2.26. The van der Waals surface area contributed by atoms with E-state index in [1.165, 1.54) is 20.2 Å². The SMILES string of the molecule is Cc1ccc(C(=O)N2C[C@@H](NS(=O)(=O)N(C)C)[C@H](C(C)C)C2)c(=O)[nH]1. The van der Waals surface area contributed by atoms with E-state index in [-0.39, 0.29) is 35.9 Å². The summed E-state index contributed by atoms with van der Waals surface area (Å²) in [4.78, 5) is 28.9. The van der Waals surface area contributed by atoms with Crippen molar-refractivity contribution in [1.82, 2.24) is 18.9 Å². The molecule has 0 bridgehead atoms. The number of rotatable bonds is 5. The maximum absolute atomic E-state index is 12.7. The number of nitrogens with one attached hydrogen (secondary N) is 2. The van der Waals surface area contributed by atoms with E-state index in [9.17, 15) is 18.0 Å². The monoisotopic (exact) mass is 370 g/mol. The quantitative estimate of drug-likeness (QED) is 0.771. The minimum absolute atomic E-state index is 0.0248. The van der Waals surface area contributed by atoms with Crippen LogP contribution in [0.4, 0.5) is 0 Å². The molecule has 8 nitrogen and oxygen atoms in total. The second-order valence-electron chi connectivity index (χ2n) is 7.01. The van der Waals surface area contributed by atoms with E-state index in [4.69, 9.17) is 0 Å². The number of pyridine rings is 1. The van der Waals surface area contributed by atoms with Crippen LogP contribution in [0.15, 0.2) is 16.9 Å². The molecule has 0 aromatic carbocycles. The number of aryl methyl sites for hydroxylation is 1. The van der Waals surface area contributed by atoms with Crippen LogP contribution in [0.1, 0.15) is 29.9 Å². The largest absolute Gasteiger partial charge is 0.337 e. The van der Waals surface area contributed by atoms with Crippen molar-refractivity contribution in [2.45, 2.75) is 26.8 Å². The topological polar surface area (TPSA) is 103 Å². The van der Waals surface area contributed by atoms with Gasteiger partial charge in [-0.05, 0) is 30.9 Å². The summed E-state index contributed by atoms with van der Waals surface area (Å²) in [7, 11) is -0.689. The molecule has 2 heterocycles. The molecule has 140 valence electrons. The predicted octanol–water partition coefficient (Wildman–Crippen LogP) is 0.176. The maximum atomic E-state index is 12.7. The summed E-state index contributed by atoms with van der Waals surface area (Å²) in [5.41, 5.74) is 0.326. The fourth-order valence-electron chi connectivity index (χ4n) is 3.00. The molecule has 1 aliphatic heterocycles. The van der Waals surface area contributed by atoms with E-state index >= 15 is 0 Å². The lowest BCUT2D eigenvalue weighted by Crippen LogP contribution is -2.47. The van der Waals surface area contributed by atoms with E-state index < -0.39 is 15.8 Å². The van der Waals surface area contributed by atoms with Crippen molar-refractivity contribution in [2.24, 2.45) is 11.8 Å². The number of likely N-dealkylation sites (tertiary alicyclic amines) is 1. The molecular formula is C16H26N4O4S. The van der Waals surface area contributed by atoms with E-state index in [1.807, 2.05) is 13.8 Å². The van der Waals surface area contributed by atoms with Crippen LogP contribution >= 0.6 is 0 Å². The fraction of sp³-hybridized carbons (Fsp3) is 0.625. The van der Waals surface area contributed by atoms with Crippen LogP contribution in [-0.2, 0) is 10.2 Å². The van der Waals surface area contributed by atoms with Crippen LogP contribution in [0, 0.1) is 18.8 Å². The van der Waals surface area contributed by atoms with Gasteiger partial charge >= 0.3 is 0 Å². The first-order valence-corrected chi connectivity index (χ1v) is 9.66. The van der Waals surface area contributed by atoms with Gasteiger partial charge in [-0.1, -0.05) is 13.8 Å². The number of aromatic amines is 1. The Labute approximate surface area is 148 Å². The van der Waals surface area contributed by atoms with Crippen molar-refractivity contribution in [3.05, 3.63) is 33.7 Å². The molecule has 2 rings (SSSR count). The lowest BCUT2D eigenvalue weighted by Gasteiger charge is -2.24. The molecular weight excluding hydrogens is 344 g/mol. The number of hydrogen-bond acceptors (Lipinski definition) is 4. The molecule has 0 radical (unpaired) electrons. The average Bonchev–Trinajstić information content (AvgIpc) is 2.89. The fourth-order valence-corrected chi connectivity index (χ4v) is 3.85. The third-order valence-electron chi connectivity index (χ3n) is 4.58. The van der Waals surface area contributed by atoms with Crippen LogP contribution in [0.25, 0.3) is 0 Å². The molecule has 2 N–H and O–H groups in total. The van der Waals surface area contributed by atoms with Crippen LogP contribution in [0.2, 0.25) is 0 Å². The summed E-state index contributed by atoms with van der Waals surface area (Å²) in [6, 6.07) is 2.80. The summed E-state index contributed by atoms with van der Waals surface area (Å²) in [5.74, 6) is -0.217. The molecule has 0 unspecified atom stereocenters. The van der Waals surface area contributed by atoms with Crippen molar-refractivity contribution in [2.75, 3.05) is 27.2 Å². The van der Waals surface area contributed by atoms with Crippen molar-refractivity contribution < 1.29 is 13.2 Å². The first kappa shape index (κ1) is 19.6. The van der Waals surface area contributed by atoms with E-state index in [1.54, 1.807) is 17.9 Å². The minimum atomic E-state index is -3.60. The molecule has 0 spiro atoms. The molecule has 1 saturated heterocycles. The Hall–Kier alpha value is -1.71. The first-order valence-electron chi connectivity index (χ1n) is 8.22. The van der Waals surface area contributed by atoms with Gasteiger partial charge in [-0.3, -0.25) is 9.59 Å². The second-order valence-corrected chi connectivity index (χ2v) is 8.93. The van der Waals surface area contributed by atoms with Crippen LogP contribution < -0.4 is 10.3 Å². The number of H-pyrrole nitrogens is 1. The lowest BCUT2D eigenvalue weighted by molar-refractivity contribution is 0.0781. The first-order chi connectivity index (χ1) is 11.5. The molecule has 1 aromatic rings. The number of carbonyl (C=O) groups excluding carboxylic acids is 1. The number of amides is 1. The second kappa shape index (κ2) is 7.27. The third-order valence-corrected chi connectivity index (χ3v) is 6.14. The van der Waals surface area contributed by atoms with Gasteiger partial charge in [0.25, 0.3) is 21.7 Å². The Balaban J connectivity index is 2.24. The van der Waals surface area contributed by atoms with Crippen molar-refractivity contribution in [3.63, 3.8) is 0 Å². The number of hydrogen-bond donors (Lipinski definition) is 2. The van der Waals surface area contributed by atoms with Crippen LogP contribution in [0.3, 0.4) is 0 Å². The number of carbonyl (C=O) groups is 1. The normalized spacial score (nSPS) is 21.3. The van der Waals surface area contributed by atoms with Gasteiger partial charge in [-0.25, -0.2) is 0 Å². The highest BCUT2D eigenvalue weighted by Gasteiger charge is 2.39. The van der Waals surface area contributed by atoms with Gasteiger partial charge < -0.3 is 9.88 Å². The van der Waals surface area contributed by atoms with Gasteiger partial charge in [0.15, 0.2) is 0 Å². The molecule has 1 aliphatic rings. The minimum Gasteiger partial charge on any atom is -0.337 e. The van der Waals surface area contributed by atoms with Crippen LogP contribution in [0.5, 0.6) is 0 Å². The van der Waals surface area contributed by atoms with Crippen LogP contribution in [-0.4, -0.2) is 61.7 Å². The summed E-state index contributed by atoms with van der Waals surface area (Å²) in [5, 5.41) is 0. The molecule has 25 heavy (non-hydrogen) atoms. The van der Waals surface area contributed by atoms with Gasteiger partial charge in [0.1, 0.15) is 5.56 Å². The molecule has 0 aliphatic carbocycles. The van der Waals surface area contributed by atoms with Gasteiger partial charge in [0, 0.05) is 38.9 Å². The zero-order chi connectivity index (χ0) is 18.9. The smallest absolute Gasteiger partial charge is 0.279 e. The van der Waals surface area contributed by atoms with Gasteiger partial charge in [0.2, 0.25) is 0 Å². The summed E-state index contributed by atoms with van der Waals surface area (Å²) < 4.78 is 28.1. The Morgan fingerprint density at radius 1 is 1.32 bits per heavy atom. The highest BCUT2D eigenvalue weighted by atomic mass is 32.2. The van der Waals surface area contributed by atoms with E-state index in [0.29, 0.717) is 12.2 Å².